The molecular weight excluding hydrogens is 400 g/mol. The number of carbonyl (C=O) groups is 2. The minimum atomic E-state index is -0.145. The molecule has 8 heteroatoms. The third-order valence-corrected chi connectivity index (χ3v) is 6.30. The minimum Gasteiger partial charge on any atom is -0.497 e. The fourth-order valence-corrected chi connectivity index (χ4v) is 4.42. The lowest BCUT2D eigenvalue weighted by Crippen LogP contribution is -2.38. The number of hydrogen-bond acceptors (Lipinski definition) is 6. The number of nitrogens with zero attached hydrogens (tertiary/aromatic N) is 3. The average Bonchev–Trinajstić information content (AvgIpc) is 3.46. The Labute approximate surface area is 181 Å². The Balaban J connectivity index is 1.53. The molecule has 162 valence electrons. The number of carbonyl (C=O) groups excluding carboxylic acids is 2. The van der Waals surface area contributed by atoms with Crippen LogP contribution < -0.4 is 10.1 Å². The van der Waals surface area contributed by atoms with Crippen LogP contribution in [-0.2, 0) is 9.59 Å². The topological polar surface area (TPSA) is 84.4 Å². The van der Waals surface area contributed by atoms with Gasteiger partial charge >= 0.3 is 0 Å². The predicted octanol–water partition coefficient (Wildman–Crippen LogP) is 4.36. The van der Waals surface area contributed by atoms with Gasteiger partial charge in [-0.1, -0.05) is 37.5 Å². The van der Waals surface area contributed by atoms with Gasteiger partial charge in [0.2, 0.25) is 16.9 Å². The van der Waals surface area contributed by atoms with Crippen LogP contribution in [0.5, 0.6) is 5.75 Å². The summed E-state index contributed by atoms with van der Waals surface area (Å²) < 4.78 is 5.17. The van der Waals surface area contributed by atoms with Crippen molar-refractivity contribution in [2.45, 2.75) is 51.9 Å². The summed E-state index contributed by atoms with van der Waals surface area (Å²) in [5.74, 6) is 0.983. The number of aromatic nitrogens is 2. The van der Waals surface area contributed by atoms with Crippen molar-refractivity contribution >= 4 is 28.3 Å². The molecule has 0 saturated heterocycles. The molecule has 1 aliphatic rings. The zero-order valence-corrected chi connectivity index (χ0v) is 18.5. The highest BCUT2D eigenvalue weighted by Gasteiger charge is 2.27. The molecule has 0 bridgehead atoms. The maximum absolute atomic E-state index is 12.8. The normalized spacial score (nSPS) is 13.9. The van der Waals surface area contributed by atoms with Crippen molar-refractivity contribution in [2.75, 3.05) is 25.5 Å². The van der Waals surface area contributed by atoms with E-state index in [4.69, 9.17) is 4.74 Å². The van der Waals surface area contributed by atoms with Crippen molar-refractivity contribution in [3.05, 3.63) is 24.3 Å². The van der Waals surface area contributed by atoms with Crippen LogP contribution >= 0.6 is 11.3 Å². The molecule has 1 aromatic carbocycles. The lowest BCUT2D eigenvalue weighted by molar-refractivity contribution is -0.135. The number of benzene rings is 1. The van der Waals surface area contributed by atoms with Crippen molar-refractivity contribution in [3.8, 4) is 16.3 Å². The van der Waals surface area contributed by atoms with Gasteiger partial charge in [0, 0.05) is 31.0 Å². The lowest BCUT2D eigenvalue weighted by Gasteiger charge is -2.25. The number of nitrogens with one attached hydrogen (secondary N) is 1. The van der Waals surface area contributed by atoms with Gasteiger partial charge in [-0.05, 0) is 43.5 Å². The molecule has 2 amide bonds. The molecule has 30 heavy (non-hydrogen) atoms. The molecule has 1 aromatic heterocycles. The number of hydrogen-bond donors (Lipinski definition) is 1. The SMILES string of the molecule is CCCCN(CCC(=O)Nc1nnc(-c2ccc(OC)cc2)s1)C(=O)C1CCCC1. The van der Waals surface area contributed by atoms with E-state index in [0.717, 1.165) is 61.4 Å². The second-order valence-electron chi connectivity index (χ2n) is 7.60. The fraction of sp³-hybridized carbons (Fsp3) is 0.545. The van der Waals surface area contributed by atoms with Gasteiger partial charge in [-0.15, -0.1) is 10.2 Å². The summed E-state index contributed by atoms with van der Waals surface area (Å²) in [5.41, 5.74) is 0.918. The summed E-state index contributed by atoms with van der Waals surface area (Å²) in [6, 6.07) is 7.54. The second-order valence-corrected chi connectivity index (χ2v) is 8.58. The summed E-state index contributed by atoms with van der Waals surface area (Å²) in [7, 11) is 1.62. The first kappa shape index (κ1) is 22.2. The van der Waals surface area contributed by atoms with Crippen LogP contribution in [0.1, 0.15) is 51.9 Å². The highest BCUT2D eigenvalue weighted by Crippen LogP contribution is 2.28. The van der Waals surface area contributed by atoms with Crippen molar-refractivity contribution in [2.24, 2.45) is 5.92 Å². The van der Waals surface area contributed by atoms with E-state index >= 15 is 0 Å². The van der Waals surface area contributed by atoms with Crippen LogP contribution in [0.3, 0.4) is 0 Å². The molecule has 2 aromatic rings. The zero-order valence-electron chi connectivity index (χ0n) is 17.7. The molecule has 1 fully saturated rings. The fourth-order valence-electron chi connectivity index (χ4n) is 3.65. The van der Waals surface area contributed by atoms with Crippen LogP contribution in [0.15, 0.2) is 24.3 Å². The predicted molar refractivity (Wildman–Crippen MR) is 119 cm³/mol. The molecule has 1 heterocycles. The van der Waals surface area contributed by atoms with Gasteiger partial charge in [0.05, 0.1) is 7.11 Å². The number of methoxy groups -OCH3 is 1. The molecule has 0 radical (unpaired) electrons. The molecule has 0 spiro atoms. The number of rotatable bonds is 10. The molecule has 1 saturated carbocycles. The van der Waals surface area contributed by atoms with E-state index in [-0.39, 0.29) is 24.2 Å². The van der Waals surface area contributed by atoms with Gasteiger partial charge in [-0.3, -0.25) is 9.59 Å². The van der Waals surface area contributed by atoms with E-state index in [9.17, 15) is 9.59 Å². The average molecular weight is 431 g/mol. The Morgan fingerprint density at radius 1 is 1.17 bits per heavy atom. The highest BCUT2D eigenvalue weighted by molar-refractivity contribution is 7.18. The van der Waals surface area contributed by atoms with Crippen LogP contribution in [-0.4, -0.2) is 47.1 Å². The van der Waals surface area contributed by atoms with E-state index in [1.54, 1.807) is 7.11 Å². The van der Waals surface area contributed by atoms with Gasteiger partial charge in [-0.25, -0.2) is 0 Å². The van der Waals surface area contributed by atoms with Gasteiger partial charge in [0.25, 0.3) is 0 Å². The Bertz CT molecular complexity index is 831. The first-order chi connectivity index (χ1) is 14.6. The summed E-state index contributed by atoms with van der Waals surface area (Å²) in [5, 5.41) is 12.2. The zero-order chi connectivity index (χ0) is 21.3. The van der Waals surface area contributed by atoms with E-state index in [1.807, 2.05) is 29.2 Å². The van der Waals surface area contributed by atoms with Crippen LogP contribution in [0.4, 0.5) is 5.13 Å². The van der Waals surface area contributed by atoms with Crippen molar-refractivity contribution in [1.82, 2.24) is 15.1 Å². The standard InChI is InChI=1S/C22H30N4O3S/c1-3-4-14-26(21(28)17-7-5-6-8-17)15-13-19(27)23-22-25-24-20(30-22)16-9-11-18(29-2)12-10-16/h9-12,17H,3-8,13-15H2,1-2H3,(H,23,25,27). The molecule has 0 aliphatic heterocycles. The van der Waals surface area contributed by atoms with Crippen molar-refractivity contribution < 1.29 is 14.3 Å². The van der Waals surface area contributed by atoms with E-state index in [0.29, 0.717) is 11.7 Å². The molecule has 7 nitrogen and oxygen atoms in total. The Hall–Kier alpha value is -2.48. The smallest absolute Gasteiger partial charge is 0.227 e. The first-order valence-corrected chi connectivity index (χ1v) is 11.5. The number of unbranched alkanes of at least 4 members (excludes halogenated alkanes) is 1. The maximum atomic E-state index is 12.8. The number of amides is 2. The molecule has 0 atom stereocenters. The first-order valence-electron chi connectivity index (χ1n) is 10.7. The molecular formula is C22H30N4O3S. The summed E-state index contributed by atoms with van der Waals surface area (Å²) >= 11 is 1.33. The Morgan fingerprint density at radius 2 is 1.90 bits per heavy atom. The van der Waals surface area contributed by atoms with Crippen molar-refractivity contribution in [1.29, 1.82) is 0 Å². The van der Waals surface area contributed by atoms with Crippen LogP contribution in [0, 0.1) is 5.92 Å². The Morgan fingerprint density at radius 3 is 2.57 bits per heavy atom. The van der Waals surface area contributed by atoms with Crippen LogP contribution in [0.2, 0.25) is 0 Å². The third kappa shape index (κ3) is 6.01. The number of anilines is 1. The Kier molecular flexibility index (Phi) is 8.19. The second kappa shape index (κ2) is 11.1. The third-order valence-electron chi connectivity index (χ3n) is 5.41. The van der Waals surface area contributed by atoms with Crippen LogP contribution in [0.25, 0.3) is 10.6 Å². The molecule has 1 N–H and O–H groups in total. The minimum absolute atomic E-state index is 0.139. The van der Waals surface area contributed by atoms with Gasteiger partial charge in [0.1, 0.15) is 10.8 Å². The van der Waals surface area contributed by atoms with Crippen molar-refractivity contribution in [3.63, 3.8) is 0 Å². The maximum Gasteiger partial charge on any atom is 0.227 e. The van der Waals surface area contributed by atoms with E-state index < -0.39 is 0 Å². The number of ether oxygens (including phenoxy) is 1. The highest BCUT2D eigenvalue weighted by atomic mass is 32.1. The molecule has 0 unspecified atom stereocenters. The largest absolute Gasteiger partial charge is 0.497 e. The van der Waals surface area contributed by atoms with Gasteiger partial charge < -0.3 is 15.0 Å². The molecule has 1 aliphatic carbocycles. The summed E-state index contributed by atoms with van der Waals surface area (Å²) in [4.78, 5) is 27.1. The molecule has 3 rings (SSSR count). The monoisotopic (exact) mass is 430 g/mol. The van der Waals surface area contributed by atoms with Gasteiger partial charge in [0.15, 0.2) is 0 Å². The summed E-state index contributed by atoms with van der Waals surface area (Å²) in [6.07, 6.45) is 6.47. The van der Waals surface area contributed by atoms with Gasteiger partial charge in [-0.2, -0.15) is 0 Å². The van der Waals surface area contributed by atoms with E-state index in [1.165, 1.54) is 11.3 Å². The van der Waals surface area contributed by atoms with E-state index in [2.05, 4.69) is 22.4 Å². The lowest BCUT2D eigenvalue weighted by atomic mass is 10.1. The summed E-state index contributed by atoms with van der Waals surface area (Å²) in [6.45, 7) is 3.28. The quantitative estimate of drug-likeness (QED) is 0.605.